The standard InChI is InChI=1S/C27H24ClFN4O4S/c1-26(24(30)35)12-37-23-15(26)11-21(33-22(23)14-3-5-17(29)16(28)9-14)27(2,36)8-7-19(34)13-4-6-18-20(10-13)38-25(31)32-18/h3-6,9-11,36H,7-8,12H2,1-2H3,(H2,30,35)(H2,31,32)/t26-,27-/m0/s1. The largest absolute Gasteiger partial charge is 0.489 e. The number of halogens is 2. The van der Waals surface area contributed by atoms with Crippen LogP contribution in [0.25, 0.3) is 21.5 Å². The quantitative estimate of drug-likeness (QED) is 0.280. The molecule has 4 aromatic rings. The third-order valence-corrected chi connectivity index (χ3v) is 8.06. The van der Waals surface area contributed by atoms with Gasteiger partial charge < -0.3 is 21.3 Å². The van der Waals surface area contributed by atoms with Crippen LogP contribution in [-0.2, 0) is 15.8 Å². The molecule has 1 aliphatic rings. The van der Waals surface area contributed by atoms with Crippen molar-refractivity contribution in [2.45, 2.75) is 37.7 Å². The van der Waals surface area contributed by atoms with E-state index in [2.05, 4.69) is 9.97 Å². The summed E-state index contributed by atoms with van der Waals surface area (Å²) in [6.45, 7) is 3.17. The number of nitrogens with zero attached hydrogens (tertiary/aromatic N) is 2. The fraction of sp³-hybridized carbons (Fsp3) is 0.259. The number of ketones is 1. The molecule has 0 spiro atoms. The average Bonchev–Trinajstić information content (AvgIpc) is 3.43. The van der Waals surface area contributed by atoms with E-state index in [-0.39, 0.29) is 41.6 Å². The number of benzene rings is 2. The Morgan fingerprint density at radius 2 is 2.00 bits per heavy atom. The first-order chi connectivity index (χ1) is 17.9. The van der Waals surface area contributed by atoms with Crippen molar-refractivity contribution in [3.8, 4) is 17.0 Å². The molecule has 2 atom stereocenters. The van der Waals surface area contributed by atoms with Crippen LogP contribution in [-0.4, -0.2) is 33.4 Å². The van der Waals surface area contributed by atoms with Crippen LogP contribution in [0.3, 0.4) is 0 Å². The minimum atomic E-state index is -1.57. The van der Waals surface area contributed by atoms with E-state index in [1.165, 1.54) is 29.5 Å². The second-order valence-electron chi connectivity index (χ2n) is 9.78. The highest BCUT2D eigenvalue weighted by Crippen LogP contribution is 2.46. The summed E-state index contributed by atoms with van der Waals surface area (Å²) in [4.78, 5) is 34.2. The average molecular weight is 555 g/mol. The number of carbonyl (C=O) groups excluding carboxylic acids is 2. The molecule has 0 bridgehead atoms. The van der Waals surface area contributed by atoms with Gasteiger partial charge in [-0.2, -0.15) is 0 Å². The van der Waals surface area contributed by atoms with E-state index in [0.717, 1.165) is 4.70 Å². The molecule has 0 saturated heterocycles. The van der Waals surface area contributed by atoms with E-state index in [9.17, 15) is 19.1 Å². The molecule has 196 valence electrons. The monoisotopic (exact) mass is 554 g/mol. The number of pyridine rings is 1. The lowest BCUT2D eigenvalue weighted by Crippen LogP contribution is -2.40. The number of nitrogen functional groups attached to an aromatic ring is 1. The number of hydrogen-bond donors (Lipinski definition) is 3. The van der Waals surface area contributed by atoms with Gasteiger partial charge in [0.25, 0.3) is 0 Å². The number of Topliss-reactive ketones (excluding diaryl/α,β-unsaturated/α-hetero) is 1. The predicted octanol–water partition coefficient (Wildman–Crippen LogP) is 4.74. The number of rotatable bonds is 7. The van der Waals surface area contributed by atoms with Crippen LogP contribution in [0.15, 0.2) is 42.5 Å². The zero-order valence-corrected chi connectivity index (χ0v) is 22.1. The molecule has 1 aliphatic heterocycles. The Morgan fingerprint density at radius 3 is 2.71 bits per heavy atom. The fourth-order valence-corrected chi connectivity index (χ4v) is 5.40. The van der Waals surface area contributed by atoms with Gasteiger partial charge in [-0.1, -0.05) is 22.9 Å². The Kier molecular flexibility index (Phi) is 6.37. The van der Waals surface area contributed by atoms with Gasteiger partial charge in [-0.05, 0) is 62.7 Å². The van der Waals surface area contributed by atoms with Crippen LogP contribution in [0.4, 0.5) is 9.52 Å². The number of ether oxygens (including phenoxy) is 1. The summed E-state index contributed by atoms with van der Waals surface area (Å²) in [5, 5.41) is 11.8. The van der Waals surface area contributed by atoms with Crippen LogP contribution in [0.1, 0.15) is 48.3 Å². The van der Waals surface area contributed by atoms with Crippen molar-refractivity contribution < 1.29 is 23.8 Å². The number of primary amides is 1. The van der Waals surface area contributed by atoms with Crippen LogP contribution in [0, 0.1) is 5.82 Å². The van der Waals surface area contributed by atoms with Gasteiger partial charge in [0.05, 0.1) is 20.9 Å². The number of hydrogen-bond acceptors (Lipinski definition) is 8. The number of aromatic nitrogens is 2. The van der Waals surface area contributed by atoms with Gasteiger partial charge in [-0.3, -0.25) is 9.59 Å². The van der Waals surface area contributed by atoms with Gasteiger partial charge in [-0.15, -0.1) is 0 Å². The molecule has 0 aliphatic carbocycles. The Morgan fingerprint density at radius 1 is 1.24 bits per heavy atom. The van der Waals surface area contributed by atoms with Crippen molar-refractivity contribution in [2.24, 2.45) is 5.73 Å². The van der Waals surface area contributed by atoms with Gasteiger partial charge in [0.2, 0.25) is 5.91 Å². The molecule has 0 radical (unpaired) electrons. The molecular formula is C27H24ClFN4O4S. The number of anilines is 1. The van der Waals surface area contributed by atoms with E-state index < -0.39 is 22.7 Å². The Balaban J connectivity index is 1.50. The molecule has 8 nitrogen and oxygen atoms in total. The minimum Gasteiger partial charge on any atom is -0.489 e. The lowest BCUT2D eigenvalue weighted by atomic mass is 9.81. The first kappa shape index (κ1) is 26.0. The molecule has 38 heavy (non-hydrogen) atoms. The molecular weight excluding hydrogens is 531 g/mol. The molecule has 2 aromatic carbocycles. The summed E-state index contributed by atoms with van der Waals surface area (Å²) in [7, 11) is 0. The van der Waals surface area contributed by atoms with Crippen LogP contribution < -0.4 is 16.2 Å². The highest BCUT2D eigenvalue weighted by molar-refractivity contribution is 7.22. The Bertz CT molecular complexity index is 1620. The Hall–Kier alpha value is -3.60. The van der Waals surface area contributed by atoms with Gasteiger partial charge in [0.1, 0.15) is 34.9 Å². The van der Waals surface area contributed by atoms with Gasteiger partial charge in [0.15, 0.2) is 10.9 Å². The maximum absolute atomic E-state index is 13.9. The smallest absolute Gasteiger partial charge is 0.231 e. The number of aliphatic hydroxyl groups is 1. The van der Waals surface area contributed by atoms with Crippen LogP contribution in [0.5, 0.6) is 5.75 Å². The van der Waals surface area contributed by atoms with E-state index in [1.54, 1.807) is 38.1 Å². The summed E-state index contributed by atoms with van der Waals surface area (Å²) in [5.74, 6) is -1.07. The molecule has 0 fully saturated rings. The summed E-state index contributed by atoms with van der Waals surface area (Å²) < 4.78 is 20.5. The first-order valence-corrected chi connectivity index (χ1v) is 12.9. The van der Waals surface area contributed by atoms with E-state index in [0.29, 0.717) is 33.1 Å². The maximum atomic E-state index is 13.9. The summed E-state index contributed by atoms with van der Waals surface area (Å²) in [6, 6.07) is 10.8. The predicted molar refractivity (Wildman–Crippen MR) is 144 cm³/mol. The van der Waals surface area contributed by atoms with Crippen molar-refractivity contribution in [3.63, 3.8) is 0 Å². The molecule has 0 saturated carbocycles. The van der Waals surface area contributed by atoms with Crippen LogP contribution >= 0.6 is 22.9 Å². The van der Waals surface area contributed by atoms with Crippen molar-refractivity contribution in [1.29, 1.82) is 0 Å². The van der Waals surface area contributed by atoms with Gasteiger partial charge in [-0.25, -0.2) is 14.4 Å². The Labute approximate surface area is 226 Å². The summed E-state index contributed by atoms with van der Waals surface area (Å²) >= 11 is 7.31. The summed E-state index contributed by atoms with van der Waals surface area (Å²) in [6.07, 6.45) is 0.0606. The van der Waals surface area contributed by atoms with E-state index in [4.69, 9.17) is 27.8 Å². The zero-order valence-electron chi connectivity index (χ0n) is 20.5. The number of nitrogens with two attached hydrogens (primary N) is 2. The van der Waals surface area contributed by atoms with E-state index in [1.807, 2.05) is 0 Å². The third kappa shape index (κ3) is 4.48. The second-order valence-corrected chi connectivity index (χ2v) is 11.2. The second kappa shape index (κ2) is 9.30. The highest BCUT2D eigenvalue weighted by atomic mass is 35.5. The third-order valence-electron chi connectivity index (χ3n) is 6.93. The van der Waals surface area contributed by atoms with Crippen molar-refractivity contribution >= 4 is 50.0 Å². The molecule has 1 amide bonds. The number of fused-ring (bicyclic) bond motifs is 2. The molecule has 2 aromatic heterocycles. The molecule has 5 rings (SSSR count). The molecule has 11 heteroatoms. The number of carbonyl (C=O) groups is 2. The van der Waals surface area contributed by atoms with Crippen LogP contribution in [0.2, 0.25) is 5.02 Å². The van der Waals surface area contributed by atoms with Gasteiger partial charge in [0, 0.05) is 23.1 Å². The normalized spacial score (nSPS) is 18.1. The SMILES string of the molecule is C[C@](O)(CCC(=O)c1ccc2nc(N)sc2c1)c1cc2c(c(-c3ccc(F)c(Cl)c3)n1)OC[C@]2(C)C(N)=O. The molecule has 0 unspecified atom stereocenters. The topological polar surface area (TPSA) is 141 Å². The minimum absolute atomic E-state index is 0.0179. The maximum Gasteiger partial charge on any atom is 0.231 e. The van der Waals surface area contributed by atoms with Gasteiger partial charge >= 0.3 is 0 Å². The molecule has 3 heterocycles. The highest BCUT2D eigenvalue weighted by Gasteiger charge is 2.45. The van der Waals surface area contributed by atoms with Crippen molar-refractivity contribution in [1.82, 2.24) is 9.97 Å². The molecule has 5 N–H and O–H groups in total. The number of thiazole rings is 1. The zero-order chi connectivity index (χ0) is 27.4. The fourth-order valence-electron chi connectivity index (χ4n) is 4.45. The lowest BCUT2D eigenvalue weighted by Gasteiger charge is -2.26. The number of amides is 1. The van der Waals surface area contributed by atoms with Crippen molar-refractivity contribution in [3.05, 3.63) is 70.1 Å². The lowest BCUT2D eigenvalue weighted by molar-refractivity contribution is -0.123. The first-order valence-electron chi connectivity index (χ1n) is 11.7. The van der Waals surface area contributed by atoms with E-state index >= 15 is 0 Å². The van der Waals surface area contributed by atoms with Crippen molar-refractivity contribution in [2.75, 3.05) is 12.3 Å². The summed E-state index contributed by atoms with van der Waals surface area (Å²) in [5.41, 5.74) is 11.3.